The number of carbonyl (C=O) groups excluding carboxylic acids is 1. The fraction of sp³-hybridized carbons (Fsp3) is 0.0370. The lowest BCUT2D eigenvalue weighted by Gasteiger charge is -2.14. The largest absolute Gasteiger partial charge is 0.504 e. The molecule has 1 N–H and O–H groups in total. The molecule has 0 aliphatic rings. The van der Waals surface area contributed by atoms with Gasteiger partial charge in [0.15, 0.2) is 22.9 Å². The summed E-state index contributed by atoms with van der Waals surface area (Å²) in [5.74, 6) is -0.0724. The second-order valence-electron chi connectivity index (χ2n) is 7.29. The molecule has 5 heteroatoms. The maximum atomic E-state index is 13.0. The van der Waals surface area contributed by atoms with Crippen LogP contribution < -0.4 is 4.74 Å². The number of ether oxygens (including phenoxy) is 1. The minimum Gasteiger partial charge on any atom is -0.504 e. The van der Waals surface area contributed by atoms with E-state index in [1.807, 2.05) is 60.7 Å². The van der Waals surface area contributed by atoms with Crippen LogP contribution >= 0.6 is 0 Å². The molecule has 4 aromatic carbocycles. The Labute approximate surface area is 184 Å². The van der Waals surface area contributed by atoms with Gasteiger partial charge in [-0.3, -0.25) is 4.79 Å². The van der Waals surface area contributed by atoms with Gasteiger partial charge < -0.3 is 14.3 Å². The summed E-state index contributed by atoms with van der Waals surface area (Å²) in [6.07, 6.45) is 0. The van der Waals surface area contributed by atoms with Crippen LogP contribution in [0.15, 0.2) is 101 Å². The Morgan fingerprint density at radius 3 is 2.28 bits per heavy atom. The van der Waals surface area contributed by atoms with Gasteiger partial charge >= 0.3 is 0 Å². The Hall–Kier alpha value is -4.38. The number of fused-ring (bicyclic) bond motifs is 1. The van der Waals surface area contributed by atoms with E-state index in [9.17, 15) is 9.90 Å². The van der Waals surface area contributed by atoms with Gasteiger partial charge in [-0.05, 0) is 29.8 Å². The van der Waals surface area contributed by atoms with E-state index in [1.54, 1.807) is 36.4 Å². The molecule has 0 aliphatic heterocycles. The van der Waals surface area contributed by atoms with Crippen molar-refractivity contribution in [3.63, 3.8) is 0 Å². The van der Waals surface area contributed by atoms with Crippen molar-refractivity contribution in [2.45, 2.75) is 6.61 Å². The molecule has 5 rings (SSSR count). The molecule has 0 fully saturated rings. The van der Waals surface area contributed by atoms with Gasteiger partial charge in [0.1, 0.15) is 12.1 Å². The summed E-state index contributed by atoms with van der Waals surface area (Å²) >= 11 is 0. The molecule has 0 radical (unpaired) electrons. The molecule has 0 aliphatic carbocycles. The Kier molecular flexibility index (Phi) is 5.14. The summed E-state index contributed by atoms with van der Waals surface area (Å²) in [5.41, 5.74) is 3.35. The fourth-order valence-electron chi connectivity index (χ4n) is 3.53. The molecular weight excluding hydrogens is 402 g/mol. The van der Waals surface area contributed by atoms with E-state index in [2.05, 4.69) is 4.98 Å². The predicted molar refractivity (Wildman–Crippen MR) is 122 cm³/mol. The number of ketones is 1. The van der Waals surface area contributed by atoms with E-state index in [4.69, 9.17) is 9.15 Å². The number of oxazole rings is 1. The van der Waals surface area contributed by atoms with E-state index < -0.39 is 0 Å². The van der Waals surface area contributed by atoms with Crippen molar-refractivity contribution in [1.29, 1.82) is 0 Å². The highest BCUT2D eigenvalue weighted by atomic mass is 16.5. The monoisotopic (exact) mass is 421 g/mol. The number of rotatable bonds is 6. The Bertz CT molecular complexity index is 1360. The highest BCUT2D eigenvalue weighted by Gasteiger charge is 2.23. The average Bonchev–Trinajstić information content (AvgIpc) is 3.28. The fourth-order valence-corrected chi connectivity index (χ4v) is 3.53. The van der Waals surface area contributed by atoms with Crippen LogP contribution in [0.25, 0.3) is 22.6 Å². The first-order chi connectivity index (χ1) is 15.7. The van der Waals surface area contributed by atoms with Crippen LogP contribution in [0.3, 0.4) is 0 Å². The third kappa shape index (κ3) is 3.72. The van der Waals surface area contributed by atoms with Crippen LogP contribution in [0.2, 0.25) is 0 Å². The van der Waals surface area contributed by atoms with Crippen LogP contribution in [0.4, 0.5) is 0 Å². The number of benzene rings is 4. The number of hydrogen-bond acceptors (Lipinski definition) is 5. The van der Waals surface area contributed by atoms with E-state index in [-0.39, 0.29) is 29.5 Å². The van der Waals surface area contributed by atoms with Crippen molar-refractivity contribution in [2.24, 2.45) is 0 Å². The van der Waals surface area contributed by atoms with Gasteiger partial charge in [0.25, 0.3) is 0 Å². The molecule has 0 atom stereocenters. The topological polar surface area (TPSA) is 72.6 Å². The van der Waals surface area contributed by atoms with Gasteiger partial charge in [-0.15, -0.1) is 0 Å². The molecule has 0 unspecified atom stereocenters. The van der Waals surface area contributed by atoms with E-state index >= 15 is 0 Å². The summed E-state index contributed by atoms with van der Waals surface area (Å²) in [4.78, 5) is 17.6. The number of nitrogens with zero attached hydrogens (tertiary/aromatic N) is 1. The third-order valence-electron chi connectivity index (χ3n) is 5.16. The van der Waals surface area contributed by atoms with Crippen molar-refractivity contribution in [1.82, 2.24) is 4.98 Å². The molecule has 0 amide bonds. The Morgan fingerprint density at radius 2 is 1.53 bits per heavy atom. The van der Waals surface area contributed by atoms with Gasteiger partial charge in [0, 0.05) is 5.56 Å². The van der Waals surface area contributed by atoms with Crippen molar-refractivity contribution in [3.8, 4) is 23.0 Å². The van der Waals surface area contributed by atoms with Crippen molar-refractivity contribution in [3.05, 3.63) is 114 Å². The number of carbonyl (C=O) groups is 1. The third-order valence-corrected chi connectivity index (χ3v) is 5.16. The Balaban J connectivity index is 1.60. The summed E-state index contributed by atoms with van der Waals surface area (Å²) in [6.45, 7) is 0.213. The van der Waals surface area contributed by atoms with Gasteiger partial charge in [-0.25, -0.2) is 4.98 Å². The second-order valence-corrected chi connectivity index (χ2v) is 7.29. The first kappa shape index (κ1) is 19.6. The maximum Gasteiger partial charge on any atom is 0.231 e. The van der Waals surface area contributed by atoms with Crippen LogP contribution in [-0.2, 0) is 6.61 Å². The zero-order valence-corrected chi connectivity index (χ0v) is 17.1. The van der Waals surface area contributed by atoms with E-state index in [0.29, 0.717) is 28.1 Å². The minimum atomic E-state index is -0.295. The second kappa shape index (κ2) is 8.40. The first-order valence-electron chi connectivity index (χ1n) is 10.2. The normalized spacial score (nSPS) is 10.9. The first-order valence-corrected chi connectivity index (χ1v) is 10.2. The molecular formula is C27H19NO4. The molecule has 156 valence electrons. The summed E-state index contributed by atoms with van der Waals surface area (Å²) in [7, 11) is 0. The van der Waals surface area contributed by atoms with Crippen LogP contribution in [0.5, 0.6) is 11.5 Å². The van der Waals surface area contributed by atoms with Crippen LogP contribution in [-0.4, -0.2) is 15.9 Å². The minimum absolute atomic E-state index is 0.152. The molecule has 0 saturated carbocycles. The summed E-state index contributed by atoms with van der Waals surface area (Å²) in [5, 5.41) is 11.1. The van der Waals surface area contributed by atoms with Crippen molar-refractivity contribution >= 4 is 16.9 Å². The lowest BCUT2D eigenvalue weighted by molar-refractivity contribution is 0.103. The predicted octanol–water partition coefficient (Wildman–Crippen LogP) is 6.01. The molecule has 1 heterocycles. The number of para-hydroxylation sites is 2. The van der Waals surface area contributed by atoms with Gasteiger partial charge in [0.05, 0.1) is 11.1 Å². The number of hydrogen-bond donors (Lipinski definition) is 1. The highest BCUT2D eigenvalue weighted by Crippen LogP contribution is 2.41. The molecule has 1 aromatic heterocycles. The molecule has 0 spiro atoms. The lowest BCUT2D eigenvalue weighted by Crippen LogP contribution is -2.04. The molecule has 32 heavy (non-hydrogen) atoms. The smallest absolute Gasteiger partial charge is 0.231 e. The van der Waals surface area contributed by atoms with Crippen LogP contribution in [0.1, 0.15) is 21.5 Å². The number of phenolic OH excluding ortho intramolecular Hbond substituents is 1. The van der Waals surface area contributed by atoms with E-state index in [1.165, 1.54) is 0 Å². The SMILES string of the molecule is O=C(c1ccccc1)c1ccc(-c2nc3ccccc3o2)c(OCc2ccccc2)c1O. The number of phenols is 1. The van der Waals surface area contributed by atoms with Crippen LogP contribution in [0, 0.1) is 0 Å². The number of aromatic nitrogens is 1. The molecule has 5 aromatic rings. The van der Waals surface area contributed by atoms with Crippen molar-refractivity contribution < 1.29 is 19.1 Å². The molecule has 0 saturated heterocycles. The van der Waals surface area contributed by atoms with Crippen molar-refractivity contribution in [2.75, 3.05) is 0 Å². The van der Waals surface area contributed by atoms with Gasteiger partial charge in [-0.2, -0.15) is 0 Å². The summed E-state index contributed by atoms with van der Waals surface area (Å²) in [6, 6.07) is 29.1. The van der Waals surface area contributed by atoms with Gasteiger partial charge in [-0.1, -0.05) is 72.8 Å². The zero-order chi connectivity index (χ0) is 21.9. The highest BCUT2D eigenvalue weighted by molar-refractivity contribution is 6.11. The maximum absolute atomic E-state index is 13.0. The quantitative estimate of drug-likeness (QED) is 0.340. The average molecular weight is 421 g/mol. The number of aromatic hydroxyl groups is 1. The summed E-state index contributed by atoms with van der Waals surface area (Å²) < 4.78 is 11.9. The van der Waals surface area contributed by atoms with E-state index in [0.717, 1.165) is 5.56 Å². The molecule has 5 nitrogen and oxygen atoms in total. The zero-order valence-electron chi connectivity index (χ0n) is 17.1. The van der Waals surface area contributed by atoms with Gasteiger partial charge in [0.2, 0.25) is 5.89 Å². The standard InChI is InChI=1S/C27H19NO4/c29-24(19-11-5-2-6-12-19)20-15-16-21(27-28-22-13-7-8-14-23(22)32-27)26(25(20)30)31-17-18-9-3-1-4-10-18/h1-16,30H,17H2. The lowest BCUT2D eigenvalue weighted by atomic mass is 10.00. The Morgan fingerprint density at radius 1 is 0.844 bits per heavy atom. The molecule has 0 bridgehead atoms.